The van der Waals surface area contributed by atoms with Crippen LogP contribution in [0.3, 0.4) is 0 Å². The van der Waals surface area contributed by atoms with Gasteiger partial charge >= 0.3 is 0 Å². The second kappa shape index (κ2) is 7.30. The molecular weight excluding hydrogens is 354 g/mol. The first kappa shape index (κ1) is 17.4. The first-order chi connectivity index (χ1) is 13.1. The molecule has 140 valence electrons. The molecule has 2 aromatic heterocycles. The van der Waals surface area contributed by atoms with Crippen molar-refractivity contribution in [2.75, 3.05) is 0 Å². The molecule has 0 amide bonds. The number of H-pyrrole nitrogens is 1. The van der Waals surface area contributed by atoms with Crippen molar-refractivity contribution in [2.45, 2.75) is 38.0 Å². The molecule has 0 radical (unpaired) electrons. The Morgan fingerprint density at radius 3 is 2.67 bits per heavy atom. The van der Waals surface area contributed by atoms with E-state index in [2.05, 4.69) is 20.4 Å². The Balaban J connectivity index is 1.56. The van der Waals surface area contributed by atoms with Crippen molar-refractivity contribution < 1.29 is 18.6 Å². The van der Waals surface area contributed by atoms with Crippen LogP contribution in [0, 0.1) is 5.82 Å². The molecule has 0 aliphatic heterocycles. The second-order valence-corrected chi connectivity index (χ2v) is 6.55. The van der Waals surface area contributed by atoms with Gasteiger partial charge < -0.3 is 9.84 Å². The zero-order chi connectivity index (χ0) is 18.8. The fourth-order valence-electron chi connectivity index (χ4n) is 3.25. The minimum Gasteiger partial charge on any atom is -0.507 e. The molecule has 6 nitrogen and oxygen atoms in total. The molecule has 1 aromatic carbocycles. The van der Waals surface area contributed by atoms with E-state index in [1.807, 2.05) is 0 Å². The van der Waals surface area contributed by atoms with E-state index in [0.717, 1.165) is 12.8 Å². The van der Waals surface area contributed by atoms with Crippen molar-refractivity contribution in [1.29, 1.82) is 0 Å². The van der Waals surface area contributed by atoms with Gasteiger partial charge in [-0.2, -0.15) is 5.10 Å². The van der Waals surface area contributed by atoms with Crippen molar-refractivity contribution in [2.24, 2.45) is 0 Å². The summed E-state index contributed by atoms with van der Waals surface area (Å²) in [5, 5.41) is 24.6. The van der Waals surface area contributed by atoms with Crippen molar-refractivity contribution in [3.8, 4) is 34.0 Å². The van der Waals surface area contributed by atoms with Crippen LogP contribution in [0.25, 0.3) is 22.4 Å². The molecule has 8 heteroatoms. The Morgan fingerprint density at radius 1 is 1.11 bits per heavy atom. The van der Waals surface area contributed by atoms with Gasteiger partial charge in [-0.15, -0.1) is 10.2 Å². The number of aromatic amines is 1. The van der Waals surface area contributed by atoms with Crippen LogP contribution >= 0.6 is 0 Å². The highest BCUT2D eigenvalue weighted by atomic mass is 19.1. The number of ether oxygens (including phenoxy) is 1. The lowest BCUT2D eigenvalue weighted by molar-refractivity contribution is 0.0594. The molecule has 1 saturated carbocycles. The molecule has 0 saturated heterocycles. The predicted molar refractivity (Wildman–Crippen MR) is 94.5 cm³/mol. The molecule has 0 unspecified atom stereocenters. The van der Waals surface area contributed by atoms with Crippen molar-refractivity contribution in [3.05, 3.63) is 42.5 Å². The van der Waals surface area contributed by atoms with E-state index in [0.29, 0.717) is 18.4 Å². The maximum Gasteiger partial charge on any atom is 0.233 e. The Labute approximate surface area is 154 Å². The fourth-order valence-corrected chi connectivity index (χ4v) is 3.25. The lowest BCUT2D eigenvalue weighted by Gasteiger charge is -2.25. The smallest absolute Gasteiger partial charge is 0.233 e. The van der Waals surface area contributed by atoms with E-state index in [9.17, 15) is 13.9 Å². The number of rotatable bonds is 4. The summed E-state index contributed by atoms with van der Waals surface area (Å²) in [6.45, 7) is 0. The van der Waals surface area contributed by atoms with Crippen LogP contribution < -0.4 is 4.74 Å². The Hall–Kier alpha value is -3.03. The van der Waals surface area contributed by atoms with E-state index in [1.54, 1.807) is 12.1 Å². The van der Waals surface area contributed by atoms with Crippen LogP contribution in [0.4, 0.5) is 8.78 Å². The highest BCUT2D eigenvalue weighted by Gasteiger charge is 2.27. The summed E-state index contributed by atoms with van der Waals surface area (Å²) in [5.74, 6) is -0.441. The third-order valence-corrected chi connectivity index (χ3v) is 4.70. The van der Waals surface area contributed by atoms with Crippen LogP contribution in [-0.4, -0.2) is 37.8 Å². The van der Waals surface area contributed by atoms with Gasteiger partial charge in [-0.25, -0.2) is 8.78 Å². The number of hydrogen-bond donors (Lipinski definition) is 2. The Kier molecular flexibility index (Phi) is 4.70. The molecule has 3 aromatic rings. The van der Waals surface area contributed by atoms with Gasteiger partial charge in [0, 0.05) is 29.0 Å². The summed E-state index contributed by atoms with van der Waals surface area (Å²) in [6.07, 6.45) is 4.41. The summed E-state index contributed by atoms with van der Waals surface area (Å²) in [4.78, 5) is 0. The number of aromatic nitrogens is 4. The molecule has 1 aliphatic rings. The minimum absolute atomic E-state index is 0.133. The number of phenolic OH excluding ortho intramolecular Hbond substituents is 1. The average molecular weight is 372 g/mol. The van der Waals surface area contributed by atoms with Gasteiger partial charge in [0.15, 0.2) is 0 Å². The molecular formula is C19H18F2N4O2. The maximum absolute atomic E-state index is 14.4. The van der Waals surface area contributed by atoms with E-state index in [1.165, 1.54) is 24.5 Å². The molecule has 27 heavy (non-hydrogen) atoms. The summed E-state index contributed by atoms with van der Waals surface area (Å²) >= 11 is 0. The van der Waals surface area contributed by atoms with Gasteiger partial charge in [0.1, 0.15) is 23.8 Å². The third-order valence-electron chi connectivity index (χ3n) is 4.70. The lowest BCUT2D eigenvalue weighted by atomic mass is 9.96. The first-order valence-electron chi connectivity index (χ1n) is 8.78. The molecule has 2 heterocycles. The number of nitrogens with zero attached hydrogens (tertiary/aromatic N) is 3. The van der Waals surface area contributed by atoms with E-state index in [4.69, 9.17) is 4.74 Å². The van der Waals surface area contributed by atoms with Crippen LogP contribution in [0.15, 0.2) is 36.7 Å². The van der Waals surface area contributed by atoms with E-state index in [-0.39, 0.29) is 28.5 Å². The molecule has 2 N–H and O–H groups in total. The summed E-state index contributed by atoms with van der Waals surface area (Å²) in [6, 6.07) is 5.62. The predicted octanol–water partition coefficient (Wildman–Crippen LogP) is 4.04. The van der Waals surface area contributed by atoms with Crippen molar-refractivity contribution in [1.82, 2.24) is 20.4 Å². The van der Waals surface area contributed by atoms with Crippen LogP contribution in [0.5, 0.6) is 11.6 Å². The average Bonchev–Trinajstić information content (AvgIpc) is 3.20. The van der Waals surface area contributed by atoms with E-state index < -0.39 is 18.1 Å². The minimum atomic E-state index is -1.01. The molecule has 0 bridgehead atoms. The molecule has 0 spiro atoms. The van der Waals surface area contributed by atoms with Gasteiger partial charge in [-0.05, 0) is 37.5 Å². The van der Waals surface area contributed by atoms with Crippen LogP contribution in [-0.2, 0) is 0 Å². The zero-order valence-corrected chi connectivity index (χ0v) is 14.4. The largest absolute Gasteiger partial charge is 0.507 e. The van der Waals surface area contributed by atoms with Gasteiger partial charge in [0.2, 0.25) is 5.88 Å². The highest BCUT2D eigenvalue weighted by Crippen LogP contribution is 2.34. The Morgan fingerprint density at radius 2 is 1.96 bits per heavy atom. The second-order valence-electron chi connectivity index (χ2n) is 6.55. The highest BCUT2D eigenvalue weighted by molar-refractivity contribution is 5.74. The van der Waals surface area contributed by atoms with Gasteiger partial charge in [0.05, 0.1) is 11.9 Å². The quantitative estimate of drug-likeness (QED) is 0.722. The summed E-state index contributed by atoms with van der Waals surface area (Å²) in [5.41, 5.74) is 1.25. The number of benzene rings is 1. The SMILES string of the molecule is Oc1cc(-c2cn[nH]c2)c(F)cc1-c1ccc(O[C@H]2CCCC[C@H]2F)nn1. The van der Waals surface area contributed by atoms with Crippen molar-refractivity contribution >= 4 is 0 Å². The van der Waals surface area contributed by atoms with E-state index >= 15 is 0 Å². The van der Waals surface area contributed by atoms with Crippen LogP contribution in [0.2, 0.25) is 0 Å². The fraction of sp³-hybridized carbons (Fsp3) is 0.316. The Bertz CT molecular complexity index is 916. The molecule has 1 aliphatic carbocycles. The summed E-state index contributed by atoms with van der Waals surface area (Å²) in [7, 11) is 0. The standard InChI is InChI=1S/C19H18F2N4O2/c20-14-3-1-2-4-18(14)27-19-6-5-16(24-25-19)13-7-15(21)12(8-17(13)26)11-9-22-23-10-11/h5-10,14,18,26H,1-4H2,(H,22,23)/t14-,18+/m1/s1. The topological polar surface area (TPSA) is 83.9 Å². The monoisotopic (exact) mass is 372 g/mol. The van der Waals surface area contributed by atoms with Gasteiger partial charge in [0.25, 0.3) is 0 Å². The normalized spacial score (nSPS) is 19.8. The molecule has 4 rings (SSSR count). The zero-order valence-electron chi connectivity index (χ0n) is 14.4. The van der Waals surface area contributed by atoms with Gasteiger partial charge in [-0.3, -0.25) is 5.10 Å². The lowest BCUT2D eigenvalue weighted by Crippen LogP contribution is -2.32. The third kappa shape index (κ3) is 3.60. The number of phenols is 1. The number of nitrogens with one attached hydrogen (secondary N) is 1. The van der Waals surface area contributed by atoms with Crippen molar-refractivity contribution in [3.63, 3.8) is 0 Å². The first-order valence-corrected chi connectivity index (χ1v) is 8.78. The number of halogens is 2. The summed E-state index contributed by atoms with van der Waals surface area (Å²) < 4.78 is 33.9. The number of alkyl halides is 1. The number of hydrogen-bond acceptors (Lipinski definition) is 5. The molecule has 1 fully saturated rings. The number of aromatic hydroxyl groups is 1. The molecule has 2 atom stereocenters. The van der Waals surface area contributed by atoms with Crippen LogP contribution in [0.1, 0.15) is 25.7 Å². The maximum atomic E-state index is 14.4. The van der Waals surface area contributed by atoms with Gasteiger partial charge in [-0.1, -0.05) is 6.42 Å².